The van der Waals surface area contributed by atoms with E-state index < -0.39 is 10.5 Å². The number of benzene rings is 2. The smallest absolute Gasteiger partial charge is 0.336 e. The molecule has 134 valence electrons. The molecule has 0 saturated heterocycles. The van der Waals surface area contributed by atoms with Crippen molar-refractivity contribution < 1.29 is 23.6 Å². The molecule has 26 heavy (non-hydrogen) atoms. The molecule has 0 unspecified atom stereocenters. The highest BCUT2D eigenvalue weighted by Crippen LogP contribution is 2.32. The van der Waals surface area contributed by atoms with E-state index in [2.05, 4.69) is 0 Å². The third kappa shape index (κ3) is 3.44. The Morgan fingerprint density at radius 3 is 2.54 bits per heavy atom. The highest BCUT2D eigenvalue weighted by Gasteiger charge is 2.14. The van der Waals surface area contributed by atoms with Crippen molar-refractivity contribution in [2.75, 3.05) is 14.2 Å². The quantitative estimate of drug-likeness (QED) is 0.379. The van der Waals surface area contributed by atoms with E-state index in [0.29, 0.717) is 28.0 Å². The lowest BCUT2D eigenvalue weighted by molar-refractivity contribution is -0.385. The standard InChI is InChI=1S/C18H15NO7/c1-23-13-4-5-14-11(7-18(20)26-16(14)9-13)10-25-17-8-12(19(21)22)3-6-15(17)24-2/h3-9H,10H2,1-2H3. The summed E-state index contributed by atoms with van der Waals surface area (Å²) in [4.78, 5) is 22.2. The molecule has 0 saturated carbocycles. The maximum Gasteiger partial charge on any atom is 0.336 e. The molecule has 0 fully saturated rings. The second-order valence-electron chi connectivity index (χ2n) is 5.33. The topological polar surface area (TPSA) is 101 Å². The van der Waals surface area contributed by atoms with Gasteiger partial charge in [-0.3, -0.25) is 10.1 Å². The predicted molar refractivity (Wildman–Crippen MR) is 93.0 cm³/mol. The zero-order valence-corrected chi connectivity index (χ0v) is 14.1. The Kier molecular flexibility index (Phi) is 4.74. The second kappa shape index (κ2) is 7.14. The van der Waals surface area contributed by atoms with Crippen molar-refractivity contribution in [3.63, 3.8) is 0 Å². The summed E-state index contributed by atoms with van der Waals surface area (Å²) < 4.78 is 21.2. The van der Waals surface area contributed by atoms with E-state index in [1.165, 1.54) is 38.5 Å². The highest BCUT2D eigenvalue weighted by atomic mass is 16.6. The van der Waals surface area contributed by atoms with Gasteiger partial charge in [0.2, 0.25) is 0 Å². The third-order valence-corrected chi connectivity index (χ3v) is 3.78. The van der Waals surface area contributed by atoms with Crippen molar-refractivity contribution >= 4 is 16.7 Å². The number of methoxy groups -OCH3 is 2. The zero-order chi connectivity index (χ0) is 18.7. The molecule has 0 bridgehead atoms. The molecule has 0 aliphatic heterocycles. The van der Waals surface area contributed by atoms with E-state index in [4.69, 9.17) is 18.6 Å². The average Bonchev–Trinajstić information content (AvgIpc) is 2.64. The number of nitro groups is 1. The first-order valence-corrected chi connectivity index (χ1v) is 7.58. The number of ether oxygens (including phenoxy) is 3. The molecule has 8 heteroatoms. The van der Waals surface area contributed by atoms with Gasteiger partial charge >= 0.3 is 5.63 Å². The monoisotopic (exact) mass is 357 g/mol. The van der Waals surface area contributed by atoms with Crippen LogP contribution in [0.2, 0.25) is 0 Å². The molecule has 1 heterocycles. The van der Waals surface area contributed by atoms with Crippen molar-refractivity contribution in [3.8, 4) is 17.2 Å². The third-order valence-electron chi connectivity index (χ3n) is 3.78. The van der Waals surface area contributed by atoms with Gasteiger partial charge in [0.05, 0.1) is 25.2 Å². The van der Waals surface area contributed by atoms with Crippen LogP contribution in [0.15, 0.2) is 51.7 Å². The van der Waals surface area contributed by atoms with E-state index in [0.717, 1.165) is 0 Å². The first-order valence-electron chi connectivity index (χ1n) is 7.58. The number of fused-ring (bicyclic) bond motifs is 1. The van der Waals surface area contributed by atoms with Gasteiger partial charge in [-0.1, -0.05) is 0 Å². The Bertz CT molecular complexity index is 1030. The summed E-state index contributed by atoms with van der Waals surface area (Å²) in [5.41, 5.74) is 0.284. The minimum absolute atomic E-state index is 0.00591. The van der Waals surface area contributed by atoms with Gasteiger partial charge in [-0.2, -0.15) is 0 Å². The fraction of sp³-hybridized carbons (Fsp3) is 0.167. The van der Waals surface area contributed by atoms with Crippen LogP contribution in [0.5, 0.6) is 17.2 Å². The van der Waals surface area contributed by atoms with Gasteiger partial charge in [-0.05, 0) is 18.2 Å². The summed E-state index contributed by atoms with van der Waals surface area (Å²) in [6.45, 7) is 0.00591. The molecule has 3 aromatic rings. The molecule has 0 aliphatic rings. The molecule has 2 aromatic carbocycles. The molecular formula is C18H15NO7. The van der Waals surface area contributed by atoms with E-state index in [1.54, 1.807) is 18.2 Å². The van der Waals surface area contributed by atoms with Crippen molar-refractivity contribution in [1.29, 1.82) is 0 Å². The molecule has 3 rings (SSSR count). The number of hydrogen-bond donors (Lipinski definition) is 0. The lowest BCUT2D eigenvalue weighted by Gasteiger charge is -2.11. The summed E-state index contributed by atoms with van der Waals surface area (Å²) in [6, 6.07) is 10.5. The van der Waals surface area contributed by atoms with Gasteiger partial charge in [0.25, 0.3) is 5.69 Å². The van der Waals surface area contributed by atoms with Crippen LogP contribution in [-0.2, 0) is 6.61 Å². The van der Waals surface area contributed by atoms with Crippen LogP contribution in [-0.4, -0.2) is 19.1 Å². The Morgan fingerprint density at radius 1 is 1.04 bits per heavy atom. The van der Waals surface area contributed by atoms with E-state index >= 15 is 0 Å². The summed E-state index contributed by atoms with van der Waals surface area (Å²) in [6.07, 6.45) is 0. The summed E-state index contributed by atoms with van der Waals surface area (Å²) in [5.74, 6) is 1.11. The largest absolute Gasteiger partial charge is 0.497 e. The first-order chi connectivity index (χ1) is 12.5. The SMILES string of the molecule is COc1ccc2c(COc3cc([N+](=O)[O-])ccc3OC)cc(=O)oc2c1. The van der Waals surface area contributed by atoms with Crippen LogP contribution in [0, 0.1) is 10.1 Å². The molecule has 8 nitrogen and oxygen atoms in total. The van der Waals surface area contributed by atoms with Crippen LogP contribution in [0.1, 0.15) is 5.56 Å². The van der Waals surface area contributed by atoms with Gasteiger partial charge in [-0.25, -0.2) is 4.79 Å². The van der Waals surface area contributed by atoms with Crippen LogP contribution < -0.4 is 19.8 Å². The molecule has 0 spiro atoms. The molecule has 1 aromatic heterocycles. The summed E-state index contributed by atoms with van der Waals surface area (Å²) >= 11 is 0. The van der Waals surface area contributed by atoms with E-state index in [1.807, 2.05) is 0 Å². The number of hydrogen-bond acceptors (Lipinski definition) is 7. The van der Waals surface area contributed by atoms with Crippen LogP contribution in [0.25, 0.3) is 11.0 Å². The Labute approximate surface area is 147 Å². The van der Waals surface area contributed by atoms with Crippen molar-refractivity contribution in [2.24, 2.45) is 0 Å². The first kappa shape index (κ1) is 17.3. The molecular weight excluding hydrogens is 342 g/mol. The lowest BCUT2D eigenvalue weighted by Crippen LogP contribution is -2.05. The fourth-order valence-corrected chi connectivity index (χ4v) is 2.50. The van der Waals surface area contributed by atoms with Gasteiger partial charge in [0.15, 0.2) is 11.5 Å². The Morgan fingerprint density at radius 2 is 1.85 bits per heavy atom. The Hall–Kier alpha value is -3.55. The Balaban J connectivity index is 1.96. The molecule has 0 amide bonds. The van der Waals surface area contributed by atoms with Crippen molar-refractivity contribution in [1.82, 2.24) is 0 Å². The number of non-ortho nitro benzene ring substituents is 1. The van der Waals surface area contributed by atoms with Gasteiger partial charge in [-0.15, -0.1) is 0 Å². The second-order valence-corrected chi connectivity index (χ2v) is 5.33. The van der Waals surface area contributed by atoms with Crippen molar-refractivity contribution in [3.05, 3.63) is 68.6 Å². The number of nitro benzene ring substituents is 1. The summed E-state index contributed by atoms with van der Waals surface area (Å²) in [5, 5.41) is 11.6. The number of nitrogens with zero attached hydrogens (tertiary/aromatic N) is 1. The molecule has 0 N–H and O–H groups in total. The van der Waals surface area contributed by atoms with Gasteiger partial charge in [0, 0.05) is 29.1 Å². The van der Waals surface area contributed by atoms with Gasteiger partial charge < -0.3 is 18.6 Å². The van der Waals surface area contributed by atoms with Gasteiger partial charge in [0.1, 0.15) is 17.9 Å². The fourth-order valence-electron chi connectivity index (χ4n) is 2.50. The van der Waals surface area contributed by atoms with Crippen LogP contribution in [0.4, 0.5) is 5.69 Å². The van der Waals surface area contributed by atoms with Crippen LogP contribution >= 0.6 is 0 Å². The lowest BCUT2D eigenvalue weighted by atomic mass is 10.1. The van der Waals surface area contributed by atoms with E-state index in [-0.39, 0.29) is 18.0 Å². The van der Waals surface area contributed by atoms with E-state index in [9.17, 15) is 14.9 Å². The zero-order valence-electron chi connectivity index (χ0n) is 14.1. The average molecular weight is 357 g/mol. The summed E-state index contributed by atoms with van der Waals surface area (Å²) in [7, 11) is 2.95. The van der Waals surface area contributed by atoms with Crippen LogP contribution in [0.3, 0.4) is 0 Å². The maximum atomic E-state index is 11.8. The minimum Gasteiger partial charge on any atom is -0.497 e. The maximum absolute atomic E-state index is 11.8. The molecule has 0 aliphatic carbocycles. The number of rotatable bonds is 6. The molecule has 0 atom stereocenters. The normalized spacial score (nSPS) is 10.5. The molecule has 0 radical (unpaired) electrons. The van der Waals surface area contributed by atoms with Crippen molar-refractivity contribution in [2.45, 2.75) is 6.61 Å². The minimum atomic E-state index is -0.532. The highest BCUT2D eigenvalue weighted by molar-refractivity contribution is 5.81. The predicted octanol–water partition coefficient (Wildman–Crippen LogP) is 3.30.